The van der Waals surface area contributed by atoms with Crippen molar-refractivity contribution in [3.63, 3.8) is 0 Å². The predicted octanol–water partition coefficient (Wildman–Crippen LogP) is 3.35. The van der Waals surface area contributed by atoms with Gasteiger partial charge in [-0.2, -0.15) is 5.10 Å². The van der Waals surface area contributed by atoms with E-state index in [1.165, 1.54) is 0 Å². The molecule has 0 radical (unpaired) electrons. The highest BCUT2D eigenvalue weighted by molar-refractivity contribution is 5.95. The molecule has 2 heterocycles. The van der Waals surface area contributed by atoms with Gasteiger partial charge in [-0.25, -0.2) is 9.50 Å². The van der Waals surface area contributed by atoms with Crippen LogP contribution >= 0.6 is 0 Å². The van der Waals surface area contributed by atoms with Crippen LogP contribution in [0, 0.1) is 0 Å². The summed E-state index contributed by atoms with van der Waals surface area (Å²) in [4.78, 5) is 19.0. The number of hydrogen-bond acceptors (Lipinski definition) is 4. The van der Waals surface area contributed by atoms with Crippen LogP contribution in [0.5, 0.6) is 0 Å². The standard InChI is InChI=1S/C23H23N5O/c1-27(2)14-13-24-23(29)19-10-6-9-18(15-19)21-16-25-22-12-11-20(26-28(21)22)17-7-4-3-5-8-17/h3-12,15-16H,13-14H2,1-2H3,(H,24,29). The van der Waals surface area contributed by atoms with Crippen molar-refractivity contribution in [3.8, 4) is 22.5 Å². The summed E-state index contributed by atoms with van der Waals surface area (Å²) in [5.74, 6) is -0.0829. The first-order chi connectivity index (χ1) is 14.1. The number of nitrogens with one attached hydrogen (secondary N) is 1. The number of nitrogens with zero attached hydrogens (tertiary/aromatic N) is 4. The van der Waals surface area contributed by atoms with Gasteiger partial charge in [0.2, 0.25) is 0 Å². The van der Waals surface area contributed by atoms with Crippen molar-refractivity contribution in [2.24, 2.45) is 0 Å². The van der Waals surface area contributed by atoms with Crippen LogP contribution in [0.3, 0.4) is 0 Å². The van der Waals surface area contributed by atoms with E-state index in [0.717, 1.165) is 34.7 Å². The average Bonchev–Trinajstić information content (AvgIpc) is 3.17. The zero-order chi connectivity index (χ0) is 20.2. The number of carbonyl (C=O) groups is 1. The maximum absolute atomic E-state index is 12.5. The zero-order valence-corrected chi connectivity index (χ0v) is 16.5. The van der Waals surface area contributed by atoms with E-state index in [0.29, 0.717) is 12.1 Å². The Balaban J connectivity index is 1.65. The fourth-order valence-electron chi connectivity index (χ4n) is 3.15. The van der Waals surface area contributed by atoms with Gasteiger partial charge in [0.1, 0.15) is 0 Å². The second kappa shape index (κ2) is 8.24. The molecule has 1 amide bonds. The van der Waals surface area contributed by atoms with Gasteiger partial charge in [0, 0.05) is 29.8 Å². The minimum atomic E-state index is -0.0829. The van der Waals surface area contributed by atoms with E-state index in [4.69, 9.17) is 5.10 Å². The second-order valence-corrected chi connectivity index (χ2v) is 7.14. The first kappa shape index (κ1) is 18.8. The van der Waals surface area contributed by atoms with Gasteiger partial charge in [0.25, 0.3) is 5.91 Å². The highest BCUT2D eigenvalue weighted by Crippen LogP contribution is 2.23. The summed E-state index contributed by atoms with van der Waals surface area (Å²) in [7, 11) is 3.96. The largest absolute Gasteiger partial charge is 0.351 e. The monoisotopic (exact) mass is 385 g/mol. The van der Waals surface area contributed by atoms with Crippen molar-refractivity contribution >= 4 is 11.6 Å². The molecular weight excluding hydrogens is 362 g/mol. The van der Waals surface area contributed by atoms with E-state index in [1.54, 1.807) is 6.20 Å². The first-order valence-corrected chi connectivity index (χ1v) is 9.55. The van der Waals surface area contributed by atoms with Crippen LogP contribution in [-0.4, -0.2) is 52.6 Å². The van der Waals surface area contributed by atoms with Crippen LogP contribution in [0.25, 0.3) is 28.2 Å². The molecule has 0 saturated carbocycles. The molecule has 4 aromatic rings. The van der Waals surface area contributed by atoms with Crippen molar-refractivity contribution in [2.45, 2.75) is 0 Å². The smallest absolute Gasteiger partial charge is 0.251 e. The number of fused-ring (bicyclic) bond motifs is 1. The predicted molar refractivity (Wildman–Crippen MR) is 115 cm³/mol. The lowest BCUT2D eigenvalue weighted by Crippen LogP contribution is -2.31. The number of benzene rings is 2. The van der Waals surface area contributed by atoms with E-state index in [1.807, 2.05) is 90.2 Å². The third-order valence-corrected chi connectivity index (χ3v) is 4.70. The van der Waals surface area contributed by atoms with E-state index in [2.05, 4.69) is 10.3 Å². The Morgan fingerprint density at radius 3 is 2.59 bits per heavy atom. The molecule has 146 valence electrons. The Labute approximate surface area is 169 Å². The SMILES string of the molecule is CN(C)CCNC(=O)c1cccc(-c2cnc3ccc(-c4ccccc4)nn23)c1. The van der Waals surface area contributed by atoms with E-state index in [-0.39, 0.29) is 5.91 Å². The van der Waals surface area contributed by atoms with E-state index >= 15 is 0 Å². The molecule has 0 saturated heterocycles. The summed E-state index contributed by atoms with van der Waals surface area (Å²) in [5.41, 5.74) is 5.05. The molecule has 2 aromatic heterocycles. The lowest BCUT2D eigenvalue weighted by molar-refractivity contribution is 0.0951. The lowest BCUT2D eigenvalue weighted by Gasteiger charge is -2.11. The van der Waals surface area contributed by atoms with Crippen LogP contribution in [0.4, 0.5) is 0 Å². The molecule has 6 heteroatoms. The maximum Gasteiger partial charge on any atom is 0.251 e. The molecule has 29 heavy (non-hydrogen) atoms. The Hall–Kier alpha value is -3.51. The summed E-state index contributed by atoms with van der Waals surface area (Å²) in [6.07, 6.45) is 1.79. The summed E-state index contributed by atoms with van der Waals surface area (Å²) in [6, 6.07) is 21.5. The van der Waals surface area contributed by atoms with E-state index < -0.39 is 0 Å². The van der Waals surface area contributed by atoms with Gasteiger partial charge in [0.05, 0.1) is 17.6 Å². The summed E-state index contributed by atoms with van der Waals surface area (Å²) in [5, 5.41) is 7.73. The van der Waals surface area contributed by atoms with Gasteiger partial charge >= 0.3 is 0 Å². The highest BCUT2D eigenvalue weighted by Gasteiger charge is 2.12. The molecule has 0 unspecified atom stereocenters. The molecule has 0 atom stereocenters. The normalized spacial score (nSPS) is 11.1. The highest BCUT2D eigenvalue weighted by atomic mass is 16.1. The molecule has 0 aliphatic rings. The first-order valence-electron chi connectivity index (χ1n) is 9.55. The number of likely N-dealkylation sites (N-methyl/N-ethyl adjacent to an activating group) is 1. The molecule has 0 aliphatic heterocycles. The second-order valence-electron chi connectivity index (χ2n) is 7.14. The van der Waals surface area contributed by atoms with Crippen LogP contribution in [-0.2, 0) is 0 Å². The number of carbonyl (C=O) groups excluding carboxylic acids is 1. The van der Waals surface area contributed by atoms with Crippen molar-refractivity contribution in [1.82, 2.24) is 24.8 Å². The van der Waals surface area contributed by atoms with Crippen LogP contribution in [0.2, 0.25) is 0 Å². The van der Waals surface area contributed by atoms with Gasteiger partial charge < -0.3 is 10.2 Å². The number of hydrogen-bond donors (Lipinski definition) is 1. The minimum absolute atomic E-state index is 0.0829. The Morgan fingerprint density at radius 1 is 1.00 bits per heavy atom. The summed E-state index contributed by atoms with van der Waals surface area (Å²) < 4.78 is 1.82. The lowest BCUT2D eigenvalue weighted by atomic mass is 10.1. The van der Waals surface area contributed by atoms with Crippen molar-refractivity contribution in [3.05, 3.63) is 78.5 Å². The number of rotatable bonds is 6. The topological polar surface area (TPSA) is 62.5 Å². The number of aromatic nitrogens is 3. The molecule has 0 fully saturated rings. The van der Waals surface area contributed by atoms with Gasteiger partial charge in [-0.15, -0.1) is 0 Å². The van der Waals surface area contributed by atoms with Crippen molar-refractivity contribution in [1.29, 1.82) is 0 Å². The Morgan fingerprint density at radius 2 is 1.79 bits per heavy atom. The molecule has 6 nitrogen and oxygen atoms in total. The maximum atomic E-state index is 12.5. The fourth-order valence-corrected chi connectivity index (χ4v) is 3.15. The molecule has 0 spiro atoms. The van der Waals surface area contributed by atoms with Gasteiger partial charge in [0.15, 0.2) is 5.65 Å². The van der Waals surface area contributed by atoms with Crippen molar-refractivity contribution < 1.29 is 4.79 Å². The fraction of sp³-hybridized carbons (Fsp3) is 0.174. The Bertz CT molecular complexity index is 1130. The molecule has 1 N–H and O–H groups in total. The van der Waals surface area contributed by atoms with Crippen molar-refractivity contribution in [2.75, 3.05) is 27.2 Å². The third-order valence-electron chi connectivity index (χ3n) is 4.70. The molecule has 4 rings (SSSR count). The average molecular weight is 385 g/mol. The molecule has 0 aliphatic carbocycles. The van der Waals surface area contributed by atoms with Gasteiger partial charge in [-0.1, -0.05) is 42.5 Å². The Kier molecular flexibility index (Phi) is 5.35. The van der Waals surface area contributed by atoms with Crippen LogP contribution in [0.15, 0.2) is 72.9 Å². The van der Waals surface area contributed by atoms with Crippen LogP contribution < -0.4 is 5.32 Å². The number of amides is 1. The summed E-state index contributed by atoms with van der Waals surface area (Å²) in [6.45, 7) is 1.40. The molecule has 2 aromatic carbocycles. The zero-order valence-electron chi connectivity index (χ0n) is 16.5. The number of imidazole rings is 1. The van der Waals surface area contributed by atoms with Gasteiger partial charge in [-0.05, 0) is 38.4 Å². The van der Waals surface area contributed by atoms with Gasteiger partial charge in [-0.3, -0.25) is 4.79 Å². The van der Waals surface area contributed by atoms with Crippen LogP contribution in [0.1, 0.15) is 10.4 Å². The van der Waals surface area contributed by atoms with E-state index in [9.17, 15) is 4.79 Å². The minimum Gasteiger partial charge on any atom is -0.351 e. The summed E-state index contributed by atoms with van der Waals surface area (Å²) >= 11 is 0. The third kappa shape index (κ3) is 4.17. The molecular formula is C23H23N5O. The molecule has 0 bridgehead atoms. The quantitative estimate of drug-likeness (QED) is 0.553.